The van der Waals surface area contributed by atoms with Crippen molar-refractivity contribution in [3.8, 4) is 0 Å². The first-order valence-electron chi connectivity index (χ1n) is 7.09. The maximum absolute atomic E-state index is 2.49. The van der Waals surface area contributed by atoms with E-state index in [4.69, 9.17) is 0 Å². The Morgan fingerprint density at radius 3 is 2.00 bits per heavy atom. The minimum absolute atomic E-state index is 0.871. The molecule has 0 bridgehead atoms. The Bertz CT molecular complexity index is 105. The van der Waals surface area contributed by atoms with Gasteiger partial charge in [-0.1, -0.05) is 78.6 Å². The first kappa shape index (κ1) is 15.0. The highest BCUT2D eigenvalue weighted by molar-refractivity contribution is 4.65. The molecule has 15 heavy (non-hydrogen) atoms. The molecule has 0 heterocycles. The summed E-state index contributed by atoms with van der Waals surface area (Å²) >= 11 is 0. The molecule has 0 saturated carbocycles. The van der Waals surface area contributed by atoms with Gasteiger partial charge >= 0.3 is 0 Å². The van der Waals surface area contributed by atoms with E-state index in [0.717, 1.165) is 5.92 Å². The summed E-state index contributed by atoms with van der Waals surface area (Å²) in [5, 5.41) is 0. The Morgan fingerprint density at radius 2 is 1.40 bits per heavy atom. The lowest BCUT2D eigenvalue weighted by atomic mass is 10.0. The van der Waals surface area contributed by atoms with Crippen molar-refractivity contribution in [1.29, 1.82) is 0 Å². The van der Waals surface area contributed by atoms with Gasteiger partial charge in [-0.2, -0.15) is 0 Å². The van der Waals surface area contributed by atoms with E-state index >= 15 is 0 Å². The molecule has 0 aliphatic rings. The molecule has 0 atom stereocenters. The van der Waals surface area contributed by atoms with E-state index in [9.17, 15) is 0 Å². The maximum atomic E-state index is 2.49. The quantitative estimate of drug-likeness (QED) is 0.381. The first-order valence-corrected chi connectivity index (χ1v) is 7.09. The van der Waals surface area contributed by atoms with Crippen LogP contribution in [-0.4, -0.2) is 0 Å². The van der Waals surface area contributed by atoms with E-state index in [1.54, 1.807) is 0 Å². The monoisotopic (exact) mass is 211 g/mol. The Hall–Kier alpha value is 0. The first-order chi connectivity index (χ1) is 7.27. The van der Waals surface area contributed by atoms with Crippen LogP contribution in [0.2, 0.25) is 0 Å². The molecule has 0 aromatic heterocycles. The molecule has 0 aromatic carbocycles. The SMILES string of the molecule is CCCCCCCCC[CH]CCC(C)C. The topological polar surface area (TPSA) is 0 Å². The van der Waals surface area contributed by atoms with Crippen LogP contribution < -0.4 is 0 Å². The average molecular weight is 211 g/mol. The van der Waals surface area contributed by atoms with E-state index in [1.807, 2.05) is 0 Å². The highest BCUT2D eigenvalue weighted by atomic mass is 14.0. The van der Waals surface area contributed by atoms with Gasteiger partial charge in [0.1, 0.15) is 0 Å². The molecule has 0 aliphatic carbocycles. The Morgan fingerprint density at radius 1 is 0.800 bits per heavy atom. The lowest BCUT2D eigenvalue weighted by molar-refractivity contribution is 0.556. The van der Waals surface area contributed by atoms with E-state index in [2.05, 4.69) is 27.2 Å². The predicted molar refractivity (Wildman–Crippen MR) is 71.0 cm³/mol. The van der Waals surface area contributed by atoms with Crippen LogP contribution in [0.4, 0.5) is 0 Å². The van der Waals surface area contributed by atoms with Crippen LogP contribution in [0.1, 0.15) is 85.0 Å². The van der Waals surface area contributed by atoms with Crippen LogP contribution in [0, 0.1) is 12.3 Å². The largest absolute Gasteiger partial charge is 0.0654 e. The Labute approximate surface area is 97.8 Å². The molecule has 0 rings (SSSR count). The molecule has 0 amide bonds. The highest BCUT2D eigenvalue weighted by Gasteiger charge is 1.95. The number of rotatable bonds is 11. The van der Waals surface area contributed by atoms with Gasteiger partial charge in [-0.25, -0.2) is 0 Å². The van der Waals surface area contributed by atoms with Gasteiger partial charge in [-0.15, -0.1) is 0 Å². The third-order valence-corrected chi connectivity index (χ3v) is 2.96. The van der Waals surface area contributed by atoms with E-state index < -0.39 is 0 Å². The third-order valence-electron chi connectivity index (χ3n) is 2.96. The molecule has 0 aliphatic heterocycles. The van der Waals surface area contributed by atoms with E-state index in [1.165, 1.54) is 64.2 Å². The fraction of sp³-hybridized carbons (Fsp3) is 0.933. The van der Waals surface area contributed by atoms with Crippen molar-refractivity contribution in [1.82, 2.24) is 0 Å². The van der Waals surface area contributed by atoms with Gasteiger partial charge in [0.05, 0.1) is 0 Å². The summed E-state index contributed by atoms with van der Waals surface area (Å²) in [6.45, 7) is 6.90. The maximum Gasteiger partial charge on any atom is -0.0386 e. The Balaban J connectivity index is 2.87. The molecule has 0 unspecified atom stereocenters. The number of unbranched alkanes of at least 4 members (excludes halogenated alkanes) is 9. The second kappa shape index (κ2) is 12.1. The van der Waals surface area contributed by atoms with Crippen LogP contribution in [0.25, 0.3) is 0 Å². The summed E-state index contributed by atoms with van der Waals surface area (Å²) in [6, 6.07) is 0. The second-order valence-electron chi connectivity index (χ2n) is 5.17. The summed E-state index contributed by atoms with van der Waals surface area (Å²) in [5.41, 5.74) is 0. The van der Waals surface area contributed by atoms with Gasteiger partial charge in [0.2, 0.25) is 0 Å². The number of hydrogen-bond acceptors (Lipinski definition) is 0. The van der Waals surface area contributed by atoms with Crippen LogP contribution in [0.3, 0.4) is 0 Å². The standard InChI is InChI=1S/C15H31/c1-4-5-6-7-8-9-10-11-12-13-14-15(2)3/h12,15H,4-11,13-14H2,1-3H3. The van der Waals surface area contributed by atoms with Gasteiger partial charge < -0.3 is 0 Å². The van der Waals surface area contributed by atoms with Crippen molar-refractivity contribution in [2.24, 2.45) is 5.92 Å². The molecule has 0 nitrogen and oxygen atoms in total. The van der Waals surface area contributed by atoms with Crippen molar-refractivity contribution >= 4 is 0 Å². The molecule has 1 radical (unpaired) electrons. The summed E-state index contributed by atoms with van der Waals surface area (Å²) in [6.07, 6.45) is 16.6. The molecule has 91 valence electrons. The van der Waals surface area contributed by atoms with Crippen molar-refractivity contribution in [2.45, 2.75) is 85.0 Å². The highest BCUT2D eigenvalue weighted by Crippen LogP contribution is 2.12. The lowest BCUT2D eigenvalue weighted by Crippen LogP contribution is -1.88. The van der Waals surface area contributed by atoms with E-state index in [-0.39, 0.29) is 0 Å². The van der Waals surface area contributed by atoms with Crippen LogP contribution in [-0.2, 0) is 0 Å². The number of hydrogen-bond donors (Lipinski definition) is 0. The van der Waals surface area contributed by atoms with Crippen LogP contribution in [0.5, 0.6) is 0 Å². The molecular formula is C15H31. The third kappa shape index (κ3) is 14.0. The summed E-state index contributed by atoms with van der Waals surface area (Å²) in [4.78, 5) is 0. The summed E-state index contributed by atoms with van der Waals surface area (Å²) in [7, 11) is 0. The summed E-state index contributed by atoms with van der Waals surface area (Å²) in [5.74, 6) is 0.871. The van der Waals surface area contributed by atoms with Crippen LogP contribution in [0.15, 0.2) is 0 Å². The second-order valence-corrected chi connectivity index (χ2v) is 5.17. The minimum atomic E-state index is 0.871. The van der Waals surface area contributed by atoms with E-state index in [0.29, 0.717) is 0 Å². The molecular weight excluding hydrogens is 180 g/mol. The fourth-order valence-electron chi connectivity index (χ4n) is 1.84. The Kier molecular flexibility index (Phi) is 12.1. The van der Waals surface area contributed by atoms with Crippen molar-refractivity contribution in [3.05, 3.63) is 6.42 Å². The van der Waals surface area contributed by atoms with Crippen molar-refractivity contribution in [3.63, 3.8) is 0 Å². The lowest BCUT2D eigenvalue weighted by Gasteiger charge is -2.04. The van der Waals surface area contributed by atoms with Gasteiger partial charge in [-0.3, -0.25) is 0 Å². The average Bonchev–Trinajstić information content (AvgIpc) is 2.20. The molecule has 0 aromatic rings. The minimum Gasteiger partial charge on any atom is -0.0654 e. The normalized spacial score (nSPS) is 11.2. The molecule has 0 spiro atoms. The van der Waals surface area contributed by atoms with Gasteiger partial charge in [0, 0.05) is 0 Å². The van der Waals surface area contributed by atoms with Gasteiger partial charge in [-0.05, 0) is 18.8 Å². The molecule has 0 fully saturated rings. The molecule has 0 heteroatoms. The smallest absolute Gasteiger partial charge is 0.0386 e. The van der Waals surface area contributed by atoms with Crippen molar-refractivity contribution in [2.75, 3.05) is 0 Å². The zero-order chi connectivity index (χ0) is 11.4. The zero-order valence-electron chi connectivity index (χ0n) is 11.2. The van der Waals surface area contributed by atoms with Gasteiger partial charge in [0.25, 0.3) is 0 Å². The predicted octanol–water partition coefficient (Wildman–Crippen LogP) is 5.77. The molecule has 0 N–H and O–H groups in total. The van der Waals surface area contributed by atoms with Gasteiger partial charge in [0.15, 0.2) is 0 Å². The molecule has 0 saturated heterocycles. The van der Waals surface area contributed by atoms with Crippen LogP contribution >= 0.6 is 0 Å². The fourth-order valence-corrected chi connectivity index (χ4v) is 1.84. The summed E-state index contributed by atoms with van der Waals surface area (Å²) < 4.78 is 0. The van der Waals surface area contributed by atoms with Crippen molar-refractivity contribution < 1.29 is 0 Å². The zero-order valence-corrected chi connectivity index (χ0v) is 11.2.